The first-order valence-corrected chi connectivity index (χ1v) is 6.82. The maximum Gasteiger partial charge on any atom is 0.113 e. The first-order chi connectivity index (χ1) is 7.61. The molecule has 0 spiro atoms. The van der Waals surface area contributed by atoms with Gasteiger partial charge in [0.15, 0.2) is 0 Å². The Bertz CT molecular complexity index is 345. The van der Waals surface area contributed by atoms with Crippen LogP contribution in [0.2, 0.25) is 4.34 Å². The molecule has 0 bridgehead atoms. The van der Waals surface area contributed by atoms with E-state index in [-0.39, 0.29) is 0 Å². The summed E-state index contributed by atoms with van der Waals surface area (Å²) < 4.78 is 0.784. The molecule has 1 saturated heterocycles. The number of hydrogen-bond donors (Lipinski definition) is 1. The minimum Gasteiger partial charge on any atom is -0.314 e. The van der Waals surface area contributed by atoms with E-state index < -0.39 is 0 Å². The second-order valence-electron chi connectivity index (χ2n) is 4.64. The Morgan fingerprint density at radius 3 is 2.75 bits per heavy atom. The summed E-state index contributed by atoms with van der Waals surface area (Å²) in [7, 11) is 2.05. The summed E-state index contributed by atoms with van der Waals surface area (Å²) in [4.78, 5) is 6.75. The van der Waals surface area contributed by atoms with Gasteiger partial charge in [0.2, 0.25) is 0 Å². The van der Waals surface area contributed by atoms with Gasteiger partial charge in [0.25, 0.3) is 0 Å². The number of aromatic nitrogens is 1. The lowest BCUT2D eigenvalue weighted by Gasteiger charge is -2.39. The highest BCUT2D eigenvalue weighted by Gasteiger charge is 2.28. The topological polar surface area (TPSA) is 28.2 Å². The van der Waals surface area contributed by atoms with Crippen LogP contribution in [0.3, 0.4) is 0 Å². The molecule has 16 heavy (non-hydrogen) atoms. The van der Waals surface area contributed by atoms with E-state index >= 15 is 0 Å². The highest BCUT2D eigenvalue weighted by atomic mass is 35.5. The molecular formula is C11H18ClN3S. The Hall–Kier alpha value is -0.160. The van der Waals surface area contributed by atoms with Crippen molar-refractivity contribution in [1.29, 1.82) is 0 Å². The summed E-state index contributed by atoms with van der Waals surface area (Å²) in [5, 5.41) is 4.53. The van der Waals surface area contributed by atoms with E-state index in [1.807, 2.05) is 0 Å². The average Bonchev–Trinajstić information content (AvgIpc) is 2.68. The molecule has 1 N–H and O–H groups in total. The molecule has 2 rings (SSSR count). The summed E-state index contributed by atoms with van der Waals surface area (Å²) in [6.45, 7) is 5.50. The Labute approximate surface area is 106 Å². The maximum absolute atomic E-state index is 5.87. The second-order valence-corrected chi connectivity index (χ2v) is 6.39. The smallest absolute Gasteiger partial charge is 0.113 e. The van der Waals surface area contributed by atoms with Crippen LogP contribution in [-0.2, 0) is 6.54 Å². The third-order valence-electron chi connectivity index (χ3n) is 3.45. The van der Waals surface area contributed by atoms with E-state index in [0.717, 1.165) is 29.0 Å². The monoisotopic (exact) mass is 259 g/mol. The predicted octanol–water partition coefficient (Wildman–Crippen LogP) is 2.37. The molecule has 5 heteroatoms. The maximum atomic E-state index is 5.87. The quantitative estimate of drug-likeness (QED) is 0.903. The number of thiazole rings is 1. The molecule has 0 aromatic carbocycles. The van der Waals surface area contributed by atoms with Crippen molar-refractivity contribution in [2.24, 2.45) is 0 Å². The van der Waals surface area contributed by atoms with Gasteiger partial charge in [-0.3, -0.25) is 4.90 Å². The molecule has 0 unspecified atom stereocenters. The standard InChI is InChI=1S/C11H18ClN3S/c1-11(13-2)3-5-15(6-4-11)8-10-14-7-9(12)16-10/h7,13H,3-6,8H2,1-2H3. The van der Waals surface area contributed by atoms with Gasteiger partial charge in [-0.05, 0) is 26.8 Å². The number of piperidine rings is 1. The van der Waals surface area contributed by atoms with Gasteiger partial charge in [-0.25, -0.2) is 4.98 Å². The lowest BCUT2D eigenvalue weighted by Crippen LogP contribution is -2.49. The normalized spacial score (nSPS) is 21.2. The van der Waals surface area contributed by atoms with Crippen LogP contribution in [0.4, 0.5) is 0 Å². The molecule has 2 heterocycles. The zero-order chi connectivity index (χ0) is 11.6. The van der Waals surface area contributed by atoms with Gasteiger partial charge in [0, 0.05) is 18.6 Å². The number of rotatable bonds is 3. The van der Waals surface area contributed by atoms with E-state index in [9.17, 15) is 0 Å². The highest BCUT2D eigenvalue weighted by molar-refractivity contribution is 7.15. The van der Waals surface area contributed by atoms with Crippen molar-refractivity contribution < 1.29 is 0 Å². The van der Waals surface area contributed by atoms with Crippen LogP contribution in [-0.4, -0.2) is 35.6 Å². The van der Waals surface area contributed by atoms with E-state index in [1.54, 1.807) is 17.5 Å². The SMILES string of the molecule is CNC1(C)CCN(Cc2ncc(Cl)s2)CC1. The summed E-state index contributed by atoms with van der Waals surface area (Å²) >= 11 is 7.46. The molecule has 90 valence electrons. The minimum absolute atomic E-state index is 0.316. The Kier molecular flexibility index (Phi) is 3.85. The van der Waals surface area contributed by atoms with Gasteiger partial charge in [0.05, 0.1) is 12.7 Å². The molecule has 0 aliphatic carbocycles. The van der Waals surface area contributed by atoms with Crippen molar-refractivity contribution >= 4 is 22.9 Å². The van der Waals surface area contributed by atoms with Crippen LogP contribution in [0.15, 0.2) is 6.20 Å². The summed E-state index contributed by atoms with van der Waals surface area (Å²) in [6.07, 6.45) is 4.13. The van der Waals surface area contributed by atoms with Crippen molar-refractivity contribution in [3.63, 3.8) is 0 Å². The Morgan fingerprint density at radius 1 is 1.56 bits per heavy atom. The summed E-state index contributed by atoms with van der Waals surface area (Å²) in [5.74, 6) is 0. The molecular weight excluding hydrogens is 242 g/mol. The summed E-state index contributed by atoms with van der Waals surface area (Å²) in [6, 6.07) is 0. The van der Waals surface area contributed by atoms with Crippen LogP contribution in [0.25, 0.3) is 0 Å². The molecule has 0 atom stereocenters. The molecule has 1 aliphatic heterocycles. The lowest BCUT2D eigenvalue weighted by molar-refractivity contribution is 0.146. The Balaban J connectivity index is 1.86. The van der Waals surface area contributed by atoms with E-state index in [1.165, 1.54) is 12.8 Å². The average molecular weight is 260 g/mol. The Morgan fingerprint density at radius 2 is 2.25 bits per heavy atom. The molecule has 1 aliphatic rings. The van der Waals surface area contributed by atoms with Crippen LogP contribution >= 0.6 is 22.9 Å². The molecule has 1 fully saturated rings. The lowest BCUT2D eigenvalue weighted by atomic mass is 9.90. The van der Waals surface area contributed by atoms with Gasteiger partial charge < -0.3 is 5.32 Å². The molecule has 3 nitrogen and oxygen atoms in total. The molecule has 1 aromatic heterocycles. The third kappa shape index (κ3) is 2.94. The fraction of sp³-hybridized carbons (Fsp3) is 0.727. The first kappa shape index (κ1) is 12.3. The minimum atomic E-state index is 0.316. The number of nitrogens with one attached hydrogen (secondary N) is 1. The van der Waals surface area contributed by atoms with E-state index in [4.69, 9.17) is 11.6 Å². The van der Waals surface area contributed by atoms with E-state index in [0.29, 0.717) is 5.54 Å². The molecule has 1 aromatic rings. The van der Waals surface area contributed by atoms with Gasteiger partial charge in [-0.15, -0.1) is 11.3 Å². The van der Waals surface area contributed by atoms with Crippen molar-refractivity contribution in [2.45, 2.75) is 31.8 Å². The van der Waals surface area contributed by atoms with Crippen LogP contribution in [0.1, 0.15) is 24.8 Å². The number of hydrogen-bond acceptors (Lipinski definition) is 4. The fourth-order valence-corrected chi connectivity index (χ4v) is 3.01. The van der Waals surface area contributed by atoms with Crippen molar-refractivity contribution in [2.75, 3.05) is 20.1 Å². The predicted molar refractivity (Wildman–Crippen MR) is 69.1 cm³/mol. The first-order valence-electron chi connectivity index (χ1n) is 5.63. The fourth-order valence-electron chi connectivity index (χ4n) is 2.01. The van der Waals surface area contributed by atoms with Crippen LogP contribution in [0.5, 0.6) is 0 Å². The van der Waals surface area contributed by atoms with Crippen LogP contribution < -0.4 is 5.32 Å². The largest absolute Gasteiger partial charge is 0.314 e. The van der Waals surface area contributed by atoms with Gasteiger partial charge >= 0.3 is 0 Å². The van der Waals surface area contributed by atoms with Gasteiger partial charge in [0.1, 0.15) is 9.34 Å². The van der Waals surface area contributed by atoms with Gasteiger partial charge in [-0.1, -0.05) is 11.6 Å². The van der Waals surface area contributed by atoms with Crippen molar-refractivity contribution in [3.8, 4) is 0 Å². The number of likely N-dealkylation sites (tertiary alicyclic amines) is 1. The van der Waals surface area contributed by atoms with Crippen molar-refractivity contribution in [1.82, 2.24) is 15.2 Å². The zero-order valence-electron chi connectivity index (χ0n) is 9.79. The van der Waals surface area contributed by atoms with Crippen LogP contribution in [0, 0.1) is 0 Å². The highest BCUT2D eigenvalue weighted by Crippen LogP contribution is 2.24. The molecule has 0 radical (unpaired) electrons. The molecule has 0 saturated carbocycles. The molecule has 0 amide bonds. The second kappa shape index (κ2) is 5.00. The van der Waals surface area contributed by atoms with Crippen molar-refractivity contribution in [3.05, 3.63) is 15.5 Å². The number of nitrogens with zero attached hydrogens (tertiary/aromatic N) is 2. The number of halogens is 1. The van der Waals surface area contributed by atoms with E-state index in [2.05, 4.69) is 29.2 Å². The summed E-state index contributed by atoms with van der Waals surface area (Å²) in [5.41, 5.74) is 0.316. The zero-order valence-corrected chi connectivity index (χ0v) is 11.4. The third-order valence-corrected chi connectivity index (χ3v) is 4.55. The van der Waals surface area contributed by atoms with Gasteiger partial charge in [-0.2, -0.15) is 0 Å².